The van der Waals surface area contributed by atoms with Gasteiger partial charge in [0.2, 0.25) is 0 Å². The van der Waals surface area contributed by atoms with Crippen LogP contribution in [-0.2, 0) is 4.79 Å². The summed E-state index contributed by atoms with van der Waals surface area (Å²) in [5.41, 5.74) is 0.946. The van der Waals surface area contributed by atoms with Gasteiger partial charge in [0.15, 0.2) is 0 Å². The van der Waals surface area contributed by atoms with E-state index in [4.69, 9.17) is 11.6 Å². The van der Waals surface area contributed by atoms with Gasteiger partial charge in [-0.15, -0.1) is 0 Å². The zero-order chi connectivity index (χ0) is 9.68. The zero-order valence-electron chi connectivity index (χ0n) is 7.53. The fourth-order valence-electron chi connectivity index (χ4n) is 1.23. The van der Waals surface area contributed by atoms with Crippen molar-refractivity contribution in [2.24, 2.45) is 0 Å². The summed E-state index contributed by atoms with van der Waals surface area (Å²) in [6.45, 7) is 2.06. The average molecular weight is 198 g/mol. The minimum atomic E-state index is -0.0326. The van der Waals surface area contributed by atoms with Crippen LogP contribution in [0.15, 0.2) is 18.3 Å². The highest BCUT2D eigenvalue weighted by Gasteiger charge is 2.08. The van der Waals surface area contributed by atoms with Crippen LogP contribution in [0.1, 0.15) is 31.2 Å². The fraction of sp³-hybridized carbons (Fsp3) is 0.400. The lowest BCUT2D eigenvalue weighted by Gasteiger charge is -2.07. The number of hydrogen-bond donors (Lipinski definition) is 0. The highest BCUT2D eigenvalue weighted by atomic mass is 35.5. The maximum Gasteiger partial charge on any atom is 0.129 e. The summed E-state index contributed by atoms with van der Waals surface area (Å²) in [6.07, 6.45) is 4.49. The molecule has 0 aromatic carbocycles. The molecule has 0 aliphatic carbocycles. The Hall–Kier alpha value is -0.890. The van der Waals surface area contributed by atoms with Crippen LogP contribution in [0.4, 0.5) is 0 Å². The minimum absolute atomic E-state index is 0.0326. The molecule has 1 atom stereocenters. The molecule has 3 heteroatoms. The molecule has 0 amide bonds. The Labute approximate surface area is 82.9 Å². The van der Waals surface area contributed by atoms with E-state index in [1.54, 1.807) is 12.3 Å². The summed E-state index contributed by atoms with van der Waals surface area (Å²) in [6, 6.07) is 3.56. The number of aromatic nitrogens is 1. The van der Waals surface area contributed by atoms with Crippen LogP contribution in [0, 0.1) is 0 Å². The van der Waals surface area contributed by atoms with Crippen LogP contribution >= 0.6 is 11.6 Å². The smallest absolute Gasteiger partial charge is 0.129 e. The molecule has 1 unspecified atom stereocenters. The number of carbonyl (C=O) groups is 1. The lowest BCUT2D eigenvalue weighted by Crippen LogP contribution is -1.99. The average Bonchev–Trinajstić information content (AvgIpc) is 2.16. The Kier molecular flexibility index (Phi) is 3.90. The molecule has 70 valence electrons. The molecule has 1 aromatic heterocycles. The molecule has 0 saturated heterocycles. The third-order valence-corrected chi connectivity index (χ3v) is 2.17. The molecule has 0 saturated carbocycles. The number of nitrogens with zero attached hydrogens (tertiary/aromatic N) is 1. The van der Waals surface area contributed by atoms with Gasteiger partial charge in [0, 0.05) is 12.1 Å². The summed E-state index contributed by atoms with van der Waals surface area (Å²) in [5, 5.41) is 0.463. The summed E-state index contributed by atoms with van der Waals surface area (Å²) >= 11 is 5.64. The van der Waals surface area contributed by atoms with E-state index >= 15 is 0 Å². The second-order valence-corrected chi connectivity index (χ2v) is 3.33. The topological polar surface area (TPSA) is 30.0 Å². The van der Waals surface area contributed by atoms with Crippen LogP contribution in [0.5, 0.6) is 0 Å². The first kappa shape index (κ1) is 10.2. The SMILES string of the molecule is CCCC(C=O)c1ccc(Cl)nc1. The number of halogens is 1. The van der Waals surface area contributed by atoms with Crippen LogP contribution in [-0.4, -0.2) is 11.3 Å². The predicted octanol–water partition coefficient (Wildman–Crippen LogP) is 2.82. The molecule has 13 heavy (non-hydrogen) atoms. The Balaban J connectivity index is 2.79. The molecule has 0 aliphatic heterocycles. The standard InChI is InChI=1S/C10H12ClNO/c1-2-3-9(7-13)8-4-5-10(11)12-6-8/h4-7,9H,2-3H2,1H3. The summed E-state index contributed by atoms with van der Waals surface area (Å²) in [7, 11) is 0. The van der Waals surface area contributed by atoms with Gasteiger partial charge in [-0.05, 0) is 18.1 Å². The van der Waals surface area contributed by atoms with E-state index in [0.717, 1.165) is 24.7 Å². The largest absolute Gasteiger partial charge is 0.303 e. The summed E-state index contributed by atoms with van der Waals surface area (Å²) < 4.78 is 0. The molecule has 0 fully saturated rings. The Morgan fingerprint density at radius 3 is 2.85 bits per heavy atom. The molecule has 1 heterocycles. The van der Waals surface area contributed by atoms with E-state index in [9.17, 15) is 4.79 Å². The number of aldehydes is 1. The molecule has 1 aromatic rings. The van der Waals surface area contributed by atoms with Gasteiger partial charge in [0.05, 0.1) is 0 Å². The van der Waals surface area contributed by atoms with Crippen LogP contribution in [0.25, 0.3) is 0 Å². The van der Waals surface area contributed by atoms with Gasteiger partial charge in [-0.3, -0.25) is 0 Å². The monoisotopic (exact) mass is 197 g/mol. The quantitative estimate of drug-likeness (QED) is 0.549. The first-order chi connectivity index (χ1) is 6.27. The summed E-state index contributed by atoms with van der Waals surface area (Å²) in [5.74, 6) is -0.0326. The third kappa shape index (κ3) is 2.81. The van der Waals surface area contributed by atoms with Crippen molar-refractivity contribution < 1.29 is 4.79 Å². The maximum atomic E-state index is 10.7. The Morgan fingerprint density at radius 1 is 1.62 bits per heavy atom. The fourth-order valence-corrected chi connectivity index (χ4v) is 1.34. The van der Waals surface area contributed by atoms with Gasteiger partial charge >= 0.3 is 0 Å². The van der Waals surface area contributed by atoms with Gasteiger partial charge in [0.1, 0.15) is 11.4 Å². The van der Waals surface area contributed by atoms with E-state index < -0.39 is 0 Å². The Bertz CT molecular complexity index is 271. The molecule has 1 rings (SSSR count). The van der Waals surface area contributed by atoms with E-state index in [1.807, 2.05) is 6.07 Å². The van der Waals surface area contributed by atoms with Gasteiger partial charge in [-0.2, -0.15) is 0 Å². The molecular weight excluding hydrogens is 186 g/mol. The number of hydrogen-bond acceptors (Lipinski definition) is 2. The molecule has 0 aliphatic rings. The molecule has 0 bridgehead atoms. The second-order valence-electron chi connectivity index (χ2n) is 2.95. The maximum absolute atomic E-state index is 10.7. The summed E-state index contributed by atoms with van der Waals surface area (Å²) in [4.78, 5) is 14.7. The van der Waals surface area contributed by atoms with Crippen molar-refractivity contribution in [3.05, 3.63) is 29.0 Å². The van der Waals surface area contributed by atoms with Crippen molar-refractivity contribution in [1.29, 1.82) is 0 Å². The predicted molar refractivity (Wildman–Crippen MR) is 53.0 cm³/mol. The van der Waals surface area contributed by atoms with E-state index in [2.05, 4.69) is 11.9 Å². The van der Waals surface area contributed by atoms with Crippen molar-refractivity contribution in [3.8, 4) is 0 Å². The molecular formula is C10H12ClNO. The van der Waals surface area contributed by atoms with Crippen molar-refractivity contribution in [3.63, 3.8) is 0 Å². The van der Waals surface area contributed by atoms with E-state index in [0.29, 0.717) is 5.15 Å². The first-order valence-corrected chi connectivity index (χ1v) is 4.72. The number of rotatable bonds is 4. The van der Waals surface area contributed by atoms with Crippen molar-refractivity contribution >= 4 is 17.9 Å². The van der Waals surface area contributed by atoms with Crippen molar-refractivity contribution in [2.75, 3.05) is 0 Å². The van der Waals surface area contributed by atoms with Crippen LogP contribution < -0.4 is 0 Å². The zero-order valence-corrected chi connectivity index (χ0v) is 8.29. The minimum Gasteiger partial charge on any atom is -0.303 e. The number of pyridine rings is 1. The van der Waals surface area contributed by atoms with E-state index in [1.165, 1.54) is 0 Å². The van der Waals surface area contributed by atoms with Crippen LogP contribution in [0.3, 0.4) is 0 Å². The molecule has 0 radical (unpaired) electrons. The number of carbonyl (C=O) groups excluding carboxylic acids is 1. The van der Waals surface area contributed by atoms with Gasteiger partial charge in [-0.1, -0.05) is 31.0 Å². The lowest BCUT2D eigenvalue weighted by molar-refractivity contribution is -0.109. The lowest BCUT2D eigenvalue weighted by atomic mass is 9.98. The van der Waals surface area contributed by atoms with Gasteiger partial charge < -0.3 is 4.79 Å². The molecule has 2 nitrogen and oxygen atoms in total. The van der Waals surface area contributed by atoms with Gasteiger partial charge in [0.25, 0.3) is 0 Å². The third-order valence-electron chi connectivity index (χ3n) is 1.94. The van der Waals surface area contributed by atoms with Crippen molar-refractivity contribution in [1.82, 2.24) is 4.98 Å². The van der Waals surface area contributed by atoms with E-state index in [-0.39, 0.29) is 5.92 Å². The van der Waals surface area contributed by atoms with Crippen LogP contribution in [0.2, 0.25) is 5.15 Å². The Morgan fingerprint density at radius 2 is 2.38 bits per heavy atom. The van der Waals surface area contributed by atoms with Gasteiger partial charge in [-0.25, -0.2) is 4.98 Å². The first-order valence-electron chi connectivity index (χ1n) is 4.34. The highest BCUT2D eigenvalue weighted by Crippen LogP contribution is 2.19. The molecule has 0 spiro atoms. The highest BCUT2D eigenvalue weighted by molar-refractivity contribution is 6.29. The normalized spacial score (nSPS) is 12.5. The second kappa shape index (κ2) is 4.97. The molecule has 0 N–H and O–H groups in total. The van der Waals surface area contributed by atoms with Crippen molar-refractivity contribution in [2.45, 2.75) is 25.7 Å².